The Morgan fingerprint density at radius 3 is 2.31 bits per heavy atom. The van der Waals surface area contributed by atoms with Crippen LogP contribution in [0.5, 0.6) is 0 Å². The van der Waals surface area contributed by atoms with Gasteiger partial charge >= 0.3 is 0 Å². The summed E-state index contributed by atoms with van der Waals surface area (Å²) in [7, 11) is 0. The number of benzene rings is 1. The summed E-state index contributed by atoms with van der Waals surface area (Å²) in [5.41, 5.74) is 0.819. The summed E-state index contributed by atoms with van der Waals surface area (Å²) < 4.78 is 24.2. The lowest BCUT2D eigenvalue weighted by atomic mass is 10.1. The number of aliphatic hydroxyl groups excluding tert-OH is 1. The number of hydrogen-bond acceptors (Lipinski definition) is 1. The summed E-state index contributed by atoms with van der Waals surface area (Å²) in [6.07, 6.45) is 0.808. The van der Waals surface area contributed by atoms with Crippen molar-refractivity contribution in [2.75, 3.05) is 6.61 Å². The lowest BCUT2D eigenvalue weighted by Gasteiger charge is -1.98. The number of aliphatic hydroxyl groups is 1. The minimum Gasteiger partial charge on any atom is -0.392 e. The van der Waals surface area contributed by atoms with Crippen molar-refractivity contribution < 1.29 is 13.9 Å². The van der Waals surface area contributed by atoms with E-state index in [1.807, 2.05) is 0 Å². The minimum atomic E-state index is -2.42. The van der Waals surface area contributed by atoms with Gasteiger partial charge in [-0.05, 0) is 5.56 Å². The monoisotopic (exact) mass is 184 g/mol. The molecule has 0 saturated carbocycles. The van der Waals surface area contributed by atoms with Gasteiger partial charge in [-0.2, -0.15) is 0 Å². The Morgan fingerprint density at radius 2 is 1.85 bits per heavy atom. The van der Waals surface area contributed by atoms with Crippen LogP contribution >= 0.6 is 0 Å². The predicted molar refractivity (Wildman–Crippen MR) is 47.5 cm³/mol. The molecule has 0 aliphatic rings. The van der Waals surface area contributed by atoms with Crippen LogP contribution in [0.3, 0.4) is 0 Å². The Kier molecular flexibility index (Phi) is 3.58. The highest BCUT2D eigenvalue weighted by molar-refractivity contribution is 5.49. The highest BCUT2D eigenvalue weighted by atomic mass is 19.3. The molecule has 0 heterocycles. The molecule has 1 nitrogen and oxygen atoms in total. The highest BCUT2D eigenvalue weighted by Crippen LogP contribution is 2.18. The van der Waals surface area contributed by atoms with Crippen LogP contribution in [0.15, 0.2) is 30.3 Å². The molecule has 0 aromatic heterocycles. The molecule has 1 N–H and O–H groups in total. The van der Waals surface area contributed by atoms with Crippen LogP contribution in [0, 0.1) is 0 Å². The molecule has 13 heavy (non-hydrogen) atoms. The summed E-state index contributed by atoms with van der Waals surface area (Å²) in [5, 5.41) is 8.46. The van der Waals surface area contributed by atoms with Crippen LogP contribution < -0.4 is 0 Å². The third-order valence-electron chi connectivity index (χ3n) is 1.60. The maximum absolute atomic E-state index is 12.1. The molecule has 0 unspecified atom stereocenters. The van der Waals surface area contributed by atoms with Gasteiger partial charge in [0.25, 0.3) is 6.43 Å². The number of alkyl halides is 2. The SMILES string of the molecule is OC/C=C/c1ccc(C(F)F)cc1. The zero-order valence-corrected chi connectivity index (χ0v) is 6.95. The summed E-state index contributed by atoms with van der Waals surface area (Å²) in [6, 6.07) is 5.94. The summed E-state index contributed by atoms with van der Waals surface area (Å²) >= 11 is 0. The highest BCUT2D eigenvalue weighted by Gasteiger charge is 2.04. The molecule has 0 spiro atoms. The molecule has 0 bridgehead atoms. The number of rotatable bonds is 3. The smallest absolute Gasteiger partial charge is 0.263 e. The fourth-order valence-electron chi connectivity index (χ4n) is 0.941. The van der Waals surface area contributed by atoms with E-state index >= 15 is 0 Å². The first-order valence-corrected chi connectivity index (χ1v) is 3.89. The fourth-order valence-corrected chi connectivity index (χ4v) is 0.941. The number of halogens is 2. The van der Waals surface area contributed by atoms with Crippen LogP contribution in [0.4, 0.5) is 8.78 Å². The van der Waals surface area contributed by atoms with E-state index in [9.17, 15) is 8.78 Å². The second kappa shape index (κ2) is 4.72. The molecule has 0 aliphatic heterocycles. The normalized spacial score (nSPS) is 11.4. The van der Waals surface area contributed by atoms with Crippen molar-refractivity contribution in [1.29, 1.82) is 0 Å². The molecule has 1 aromatic rings. The van der Waals surface area contributed by atoms with Crippen LogP contribution in [0.25, 0.3) is 6.08 Å². The molecule has 1 aromatic carbocycles. The van der Waals surface area contributed by atoms with Gasteiger partial charge in [0.05, 0.1) is 6.61 Å². The lowest BCUT2D eigenvalue weighted by molar-refractivity contribution is 0.151. The van der Waals surface area contributed by atoms with Crippen molar-refractivity contribution in [2.45, 2.75) is 6.43 Å². The Bertz CT molecular complexity index is 277. The van der Waals surface area contributed by atoms with Crippen LogP contribution in [0.1, 0.15) is 17.6 Å². The van der Waals surface area contributed by atoms with Gasteiger partial charge in [0, 0.05) is 5.56 Å². The lowest BCUT2D eigenvalue weighted by Crippen LogP contribution is -1.83. The molecule has 0 radical (unpaired) electrons. The van der Waals surface area contributed by atoms with Gasteiger partial charge in [-0.1, -0.05) is 36.4 Å². The molecule has 0 amide bonds. The Labute approximate surface area is 75.3 Å². The minimum absolute atomic E-state index is 0.0150. The first-order valence-electron chi connectivity index (χ1n) is 3.89. The molecule has 0 saturated heterocycles. The van der Waals surface area contributed by atoms with E-state index in [0.717, 1.165) is 5.56 Å². The Hall–Kier alpha value is -1.22. The average molecular weight is 184 g/mol. The van der Waals surface area contributed by atoms with Crippen LogP contribution in [-0.4, -0.2) is 11.7 Å². The fraction of sp³-hybridized carbons (Fsp3) is 0.200. The predicted octanol–water partition coefficient (Wildman–Crippen LogP) is 2.63. The van der Waals surface area contributed by atoms with Crippen molar-refractivity contribution in [1.82, 2.24) is 0 Å². The van der Waals surface area contributed by atoms with Crippen molar-refractivity contribution in [3.63, 3.8) is 0 Å². The van der Waals surface area contributed by atoms with E-state index in [1.54, 1.807) is 24.3 Å². The van der Waals surface area contributed by atoms with Gasteiger partial charge < -0.3 is 5.11 Å². The molecule has 0 atom stereocenters. The second-order valence-corrected chi connectivity index (χ2v) is 2.55. The van der Waals surface area contributed by atoms with E-state index in [1.165, 1.54) is 12.1 Å². The van der Waals surface area contributed by atoms with Crippen molar-refractivity contribution in [3.05, 3.63) is 41.5 Å². The van der Waals surface area contributed by atoms with Gasteiger partial charge in [0.2, 0.25) is 0 Å². The van der Waals surface area contributed by atoms with E-state index in [-0.39, 0.29) is 12.2 Å². The maximum atomic E-state index is 12.1. The standard InChI is InChI=1S/C10H10F2O/c11-10(12)9-5-3-8(4-6-9)2-1-7-13/h1-6,10,13H,7H2/b2-1+. The van der Waals surface area contributed by atoms with Gasteiger partial charge in [0.15, 0.2) is 0 Å². The van der Waals surface area contributed by atoms with E-state index in [2.05, 4.69) is 0 Å². The Morgan fingerprint density at radius 1 is 1.23 bits per heavy atom. The third kappa shape index (κ3) is 2.95. The van der Waals surface area contributed by atoms with Gasteiger partial charge in [0.1, 0.15) is 0 Å². The van der Waals surface area contributed by atoms with Gasteiger partial charge in [-0.15, -0.1) is 0 Å². The van der Waals surface area contributed by atoms with E-state index in [4.69, 9.17) is 5.11 Å². The second-order valence-electron chi connectivity index (χ2n) is 2.55. The van der Waals surface area contributed by atoms with E-state index in [0.29, 0.717) is 0 Å². The van der Waals surface area contributed by atoms with Gasteiger partial charge in [-0.3, -0.25) is 0 Å². The average Bonchev–Trinajstić information content (AvgIpc) is 2.15. The largest absolute Gasteiger partial charge is 0.392 e. The molecular formula is C10H10F2O. The van der Waals surface area contributed by atoms with Gasteiger partial charge in [-0.25, -0.2) is 8.78 Å². The molecule has 0 aliphatic carbocycles. The Balaban J connectivity index is 2.75. The molecule has 0 fully saturated rings. The van der Waals surface area contributed by atoms with Crippen LogP contribution in [-0.2, 0) is 0 Å². The molecule has 3 heteroatoms. The number of hydrogen-bond donors (Lipinski definition) is 1. The molecule has 1 rings (SSSR count). The van der Waals surface area contributed by atoms with Crippen molar-refractivity contribution in [2.24, 2.45) is 0 Å². The zero-order valence-electron chi connectivity index (χ0n) is 6.95. The van der Waals surface area contributed by atoms with Crippen molar-refractivity contribution >= 4 is 6.08 Å². The van der Waals surface area contributed by atoms with E-state index < -0.39 is 6.43 Å². The topological polar surface area (TPSA) is 20.2 Å². The summed E-state index contributed by atoms with van der Waals surface area (Å²) in [6.45, 7) is -0.0450. The molecular weight excluding hydrogens is 174 g/mol. The maximum Gasteiger partial charge on any atom is 0.263 e. The summed E-state index contributed by atoms with van der Waals surface area (Å²) in [5.74, 6) is 0. The summed E-state index contributed by atoms with van der Waals surface area (Å²) in [4.78, 5) is 0. The molecule has 70 valence electrons. The quantitative estimate of drug-likeness (QED) is 0.765. The van der Waals surface area contributed by atoms with Crippen LogP contribution in [0.2, 0.25) is 0 Å². The first kappa shape index (κ1) is 9.86. The first-order chi connectivity index (χ1) is 6.24. The van der Waals surface area contributed by atoms with Crippen molar-refractivity contribution in [3.8, 4) is 0 Å². The third-order valence-corrected chi connectivity index (χ3v) is 1.60. The zero-order chi connectivity index (χ0) is 9.68.